The minimum Gasteiger partial charge on any atom is -0.505 e. The van der Waals surface area contributed by atoms with Crippen molar-refractivity contribution in [1.82, 2.24) is 5.16 Å². The first kappa shape index (κ1) is 16.0. The van der Waals surface area contributed by atoms with Crippen molar-refractivity contribution in [3.05, 3.63) is 64.6 Å². The number of phenolic OH excluding ortho intramolecular Hbond substituents is 1. The van der Waals surface area contributed by atoms with E-state index in [9.17, 15) is 14.3 Å². The number of aromatic hydroxyl groups is 1. The number of rotatable bonds is 3. The van der Waals surface area contributed by atoms with Gasteiger partial charge in [-0.15, -0.1) is 0 Å². The highest BCUT2D eigenvalue weighted by Gasteiger charge is 2.16. The van der Waals surface area contributed by atoms with E-state index >= 15 is 0 Å². The Morgan fingerprint density at radius 3 is 2.79 bits per heavy atom. The van der Waals surface area contributed by atoms with E-state index < -0.39 is 17.5 Å². The molecule has 24 heavy (non-hydrogen) atoms. The SMILES string of the molecule is Cc1ccc(Cl)cc1NC(=O)c1cc(-c2ccc(F)c(O)c2)on1. The molecule has 0 saturated heterocycles. The predicted molar refractivity (Wildman–Crippen MR) is 87.7 cm³/mol. The minimum absolute atomic E-state index is 0.0493. The summed E-state index contributed by atoms with van der Waals surface area (Å²) in [6.07, 6.45) is 0. The predicted octanol–water partition coefficient (Wildman–Crippen LogP) is 4.40. The Bertz CT molecular complexity index is 924. The normalized spacial score (nSPS) is 10.6. The van der Waals surface area contributed by atoms with E-state index in [4.69, 9.17) is 16.1 Å². The van der Waals surface area contributed by atoms with Crippen molar-refractivity contribution >= 4 is 23.2 Å². The molecule has 0 aliphatic rings. The fourth-order valence-corrected chi connectivity index (χ4v) is 2.27. The molecule has 7 heteroatoms. The van der Waals surface area contributed by atoms with Crippen molar-refractivity contribution in [1.29, 1.82) is 0 Å². The van der Waals surface area contributed by atoms with Crippen molar-refractivity contribution in [2.24, 2.45) is 0 Å². The summed E-state index contributed by atoms with van der Waals surface area (Å²) in [7, 11) is 0. The van der Waals surface area contributed by atoms with Gasteiger partial charge in [-0.3, -0.25) is 4.79 Å². The van der Waals surface area contributed by atoms with Crippen LogP contribution in [0.2, 0.25) is 5.02 Å². The summed E-state index contributed by atoms with van der Waals surface area (Å²) in [4.78, 5) is 12.3. The number of nitrogens with zero attached hydrogens (tertiary/aromatic N) is 1. The molecule has 0 saturated carbocycles. The lowest BCUT2D eigenvalue weighted by atomic mass is 10.1. The van der Waals surface area contributed by atoms with Crippen LogP contribution < -0.4 is 5.32 Å². The van der Waals surface area contributed by atoms with E-state index in [1.807, 2.05) is 6.92 Å². The smallest absolute Gasteiger partial charge is 0.277 e. The van der Waals surface area contributed by atoms with Crippen LogP contribution in [0.25, 0.3) is 11.3 Å². The van der Waals surface area contributed by atoms with Crippen LogP contribution >= 0.6 is 11.6 Å². The number of aromatic nitrogens is 1. The molecule has 2 aromatic carbocycles. The van der Waals surface area contributed by atoms with E-state index in [0.29, 0.717) is 16.3 Å². The zero-order valence-corrected chi connectivity index (χ0v) is 13.3. The third-order valence-corrected chi connectivity index (χ3v) is 3.66. The second kappa shape index (κ2) is 6.33. The van der Waals surface area contributed by atoms with Crippen LogP contribution in [0.4, 0.5) is 10.1 Å². The van der Waals surface area contributed by atoms with Gasteiger partial charge in [0.05, 0.1) is 0 Å². The molecule has 0 unspecified atom stereocenters. The Morgan fingerprint density at radius 2 is 2.04 bits per heavy atom. The van der Waals surface area contributed by atoms with Crippen LogP contribution in [-0.4, -0.2) is 16.2 Å². The molecule has 122 valence electrons. The molecule has 1 aromatic heterocycles. The van der Waals surface area contributed by atoms with Crippen LogP contribution in [0.3, 0.4) is 0 Å². The summed E-state index contributed by atoms with van der Waals surface area (Å²) < 4.78 is 18.2. The Hall–Kier alpha value is -2.86. The maximum atomic E-state index is 13.1. The summed E-state index contributed by atoms with van der Waals surface area (Å²) in [6.45, 7) is 1.83. The van der Waals surface area contributed by atoms with Gasteiger partial charge in [-0.05, 0) is 42.8 Å². The average molecular weight is 347 g/mol. The molecule has 0 fully saturated rings. The van der Waals surface area contributed by atoms with E-state index in [1.54, 1.807) is 18.2 Å². The second-order valence-electron chi connectivity index (χ2n) is 5.16. The summed E-state index contributed by atoms with van der Waals surface area (Å²) in [5, 5.41) is 16.3. The van der Waals surface area contributed by atoms with Crippen molar-refractivity contribution in [3.8, 4) is 17.1 Å². The fraction of sp³-hybridized carbons (Fsp3) is 0.0588. The highest BCUT2D eigenvalue weighted by atomic mass is 35.5. The number of carbonyl (C=O) groups excluding carboxylic acids is 1. The quantitative estimate of drug-likeness (QED) is 0.737. The van der Waals surface area contributed by atoms with E-state index in [2.05, 4.69) is 10.5 Å². The molecule has 0 radical (unpaired) electrons. The lowest BCUT2D eigenvalue weighted by Gasteiger charge is -2.06. The van der Waals surface area contributed by atoms with Crippen LogP contribution in [0.15, 0.2) is 47.0 Å². The first-order valence-electron chi connectivity index (χ1n) is 6.97. The van der Waals surface area contributed by atoms with Crippen LogP contribution in [0.5, 0.6) is 5.75 Å². The number of phenols is 1. The highest BCUT2D eigenvalue weighted by molar-refractivity contribution is 6.31. The summed E-state index contributed by atoms with van der Waals surface area (Å²) in [5.41, 5.74) is 1.86. The molecule has 5 nitrogen and oxygen atoms in total. The second-order valence-corrected chi connectivity index (χ2v) is 5.59. The Morgan fingerprint density at radius 1 is 1.25 bits per heavy atom. The number of halogens is 2. The van der Waals surface area contributed by atoms with Gasteiger partial charge < -0.3 is 14.9 Å². The van der Waals surface area contributed by atoms with Crippen LogP contribution in [0, 0.1) is 12.7 Å². The van der Waals surface area contributed by atoms with Gasteiger partial charge >= 0.3 is 0 Å². The highest BCUT2D eigenvalue weighted by Crippen LogP contribution is 2.27. The number of hydrogen-bond acceptors (Lipinski definition) is 4. The number of aryl methyl sites for hydroxylation is 1. The van der Waals surface area contributed by atoms with Crippen molar-refractivity contribution in [2.75, 3.05) is 5.32 Å². The van der Waals surface area contributed by atoms with Gasteiger partial charge in [0.25, 0.3) is 5.91 Å². The molecule has 0 aliphatic heterocycles. The fourth-order valence-electron chi connectivity index (χ4n) is 2.10. The molecule has 0 aliphatic carbocycles. The average Bonchev–Trinajstić information content (AvgIpc) is 3.03. The Kier molecular flexibility index (Phi) is 4.22. The monoisotopic (exact) mass is 346 g/mol. The Labute approximate surface area is 141 Å². The van der Waals surface area contributed by atoms with Gasteiger partial charge in [0.1, 0.15) is 0 Å². The Balaban J connectivity index is 1.83. The number of nitrogens with one attached hydrogen (secondary N) is 1. The van der Waals surface area contributed by atoms with E-state index in [1.165, 1.54) is 18.2 Å². The standard InChI is InChI=1S/C17H12ClFN2O3/c1-9-2-4-11(18)7-13(9)20-17(23)14-8-16(24-21-14)10-3-5-12(19)15(22)6-10/h2-8,22H,1H3,(H,20,23). The van der Waals surface area contributed by atoms with Gasteiger partial charge in [0.2, 0.25) is 0 Å². The van der Waals surface area contributed by atoms with Gasteiger partial charge in [0, 0.05) is 22.3 Å². The maximum absolute atomic E-state index is 13.1. The lowest BCUT2D eigenvalue weighted by Crippen LogP contribution is -2.13. The van der Waals surface area contributed by atoms with Gasteiger partial charge in [-0.1, -0.05) is 22.8 Å². The first-order valence-corrected chi connectivity index (χ1v) is 7.35. The van der Waals surface area contributed by atoms with Crippen molar-refractivity contribution < 1.29 is 18.8 Å². The number of carbonyl (C=O) groups is 1. The topological polar surface area (TPSA) is 75.4 Å². The number of benzene rings is 2. The summed E-state index contributed by atoms with van der Waals surface area (Å²) in [6, 6.07) is 10.3. The molecule has 0 bridgehead atoms. The van der Waals surface area contributed by atoms with Crippen LogP contribution in [0.1, 0.15) is 16.1 Å². The molecule has 1 heterocycles. The molecule has 1 amide bonds. The van der Waals surface area contributed by atoms with E-state index in [-0.39, 0.29) is 11.5 Å². The van der Waals surface area contributed by atoms with Crippen molar-refractivity contribution in [3.63, 3.8) is 0 Å². The van der Waals surface area contributed by atoms with Crippen molar-refractivity contribution in [2.45, 2.75) is 6.92 Å². The number of anilines is 1. The van der Waals surface area contributed by atoms with Gasteiger partial charge in [-0.25, -0.2) is 4.39 Å². The van der Waals surface area contributed by atoms with Gasteiger partial charge in [-0.2, -0.15) is 0 Å². The number of hydrogen-bond donors (Lipinski definition) is 2. The van der Waals surface area contributed by atoms with Crippen LogP contribution in [-0.2, 0) is 0 Å². The molecule has 0 atom stereocenters. The summed E-state index contributed by atoms with van der Waals surface area (Å²) >= 11 is 5.92. The third kappa shape index (κ3) is 3.23. The molecule has 3 rings (SSSR count). The largest absolute Gasteiger partial charge is 0.505 e. The molecular formula is C17H12ClFN2O3. The molecular weight excluding hydrogens is 335 g/mol. The van der Waals surface area contributed by atoms with Gasteiger partial charge in [0.15, 0.2) is 23.0 Å². The molecule has 3 aromatic rings. The maximum Gasteiger partial charge on any atom is 0.277 e. The lowest BCUT2D eigenvalue weighted by molar-refractivity contribution is 0.101. The molecule has 2 N–H and O–H groups in total. The molecule has 0 spiro atoms. The van der Waals surface area contributed by atoms with E-state index in [0.717, 1.165) is 11.6 Å². The summed E-state index contributed by atoms with van der Waals surface area (Å²) in [5.74, 6) is -1.49. The zero-order chi connectivity index (χ0) is 17.3. The minimum atomic E-state index is -0.743. The first-order chi connectivity index (χ1) is 11.4. The zero-order valence-electron chi connectivity index (χ0n) is 12.5. The number of amides is 1. The third-order valence-electron chi connectivity index (χ3n) is 3.42.